The van der Waals surface area contributed by atoms with Crippen LogP contribution in [0.2, 0.25) is 0 Å². The Balaban J connectivity index is 2.09. The van der Waals surface area contributed by atoms with E-state index in [0.29, 0.717) is 6.04 Å². The van der Waals surface area contributed by atoms with Gasteiger partial charge in [0.05, 0.1) is 0 Å². The fourth-order valence-electron chi connectivity index (χ4n) is 2.47. The highest BCUT2D eigenvalue weighted by molar-refractivity contribution is 4.73. The van der Waals surface area contributed by atoms with Crippen LogP contribution in [-0.2, 0) is 0 Å². The molecule has 1 rings (SSSR count). The van der Waals surface area contributed by atoms with E-state index in [1.165, 1.54) is 51.7 Å². The van der Waals surface area contributed by atoms with E-state index in [1.807, 2.05) is 0 Å². The third-order valence-electron chi connectivity index (χ3n) is 3.72. The van der Waals surface area contributed by atoms with Gasteiger partial charge in [-0.3, -0.25) is 0 Å². The second-order valence-electron chi connectivity index (χ2n) is 5.03. The maximum Gasteiger partial charge on any atom is 0.00363 e. The second-order valence-corrected chi connectivity index (χ2v) is 5.03. The van der Waals surface area contributed by atoms with Crippen LogP contribution in [0.5, 0.6) is 0 Å². The van der Waals surface area contributed by atoms with Gasteiger partial charge >= 0.3 is 0 Å². The lowest BCUT2D eigenvalue weighted by Crippen LogP contribution is -2.34. The minimum atomic E-state index is 0.443. The molecule has 0 bridgehead atoms. The molecule has 0 amide bonds. The SMILES string of the molecule is CCCN1CCC(CCC(N)CC)CC1. The molecule has 15 heavy (non-hydrogen) atoms. The van der Waals surface area contributed by atoms with Crippen molar-refractivity contribution < 1.29 is 0 Å². The Labute approximate surface area is 95.2 Å². The summed E-state index contributed by atoms with van der Waals surface area (Å²) in [6.45, 7) is 8.39. The minimum Gasteiger partial charge on any atom is -0.328 e. The number of rotatable bonds is 6. The molecule has 0 radical (unpaired) electrons. The van der Waals surface area contributed by atoms with E-state index in [-0.39, 0.29) is 0 Å². The Morgan fingerprint density at radius 3 is 2.47 bits per heavy atom. The molecule has 0 spiro atoms. The van der Waals surface area contributed by atoms with Crippen LogP contribution in [0.1, 0.15) is 52.4 Å². The zero-order valence-corrected chi connectivity index (χ0v) is 10.5. The number of piperidine rings is 1. The second kappa shape index (κ2) is 7.24. The predicted molar refractivity (Wildman–Crippen MR) is 67.0 cm³/mol. The van der Waals surface area contributed by atoms with E-state index < -0.39 is 0 Å². The molecule has 1 atom stereocenters. The van der Waals surface area contributed by atoms with Gasteiger partial charge in [0.2, 0.25) is 0 Å². The lowest BCUT2D eigenvalue weighted by atomic mass is 9.90. The fourth-order valence-corrected chi connectivity index (χ4v) is 2.47. The summed E-state index contributed by atoms with van der Waals surface area (Å²) in [4.78, 5) is 2.61. The van der Waals surface area contributed by atoms with Crippen molar-refractivity contribution >= 4 is 0 Å². The summed E-state index contributed by atoms with van der Waals surface area (Å²) in [6.07, 6.45) is 7.82. The van der Waals surface area contributed by atoms with Gasteiger partial charge in [0.1, 0.15) is 0 Å². The van der Waals surface area contributed by atoms with Gasteiger partial charge < -0.3 is 10.6 Å². The van der Waals surface area contributed by atoms with E-state index in [1.54, 1.807) is 0 Å². The maximum atomic E-state index is 5.95. The highest BCUT2D eigenvalue weighted by atomic mass is 15.1. The van der Waals surface area contributed by atoms with Crippen LogP contribution in [0.25, 0.3) is 0 Å². The van der Waals surface area contributed by atoms with E-state index in [4.69, 9.17) is 5.73 Å². The average molecular weight is 212 g/mol. The topological polar surface area (TPSA) is 29.3 Å². The van der Waals surface area contributed by atoms with Crippen molar-refractivity contribution in [3.8, 4) is 0 Å². The van der Waals surface area contributed by atoms with Gasteiger partial charge in [0.15, 0.2) is 0 Å². The fraction of sp³-hybridized carbons (Fsp3) is 1.00. The monoisotopic (exact) mass is 212 g/mol. The number of nitrogens with zero attached hydrogens (tertiary/aromatic N) is 1. The quantitative estimate of drug-likeness (QED) is 0.733. The van der Waals surface area contributed by atoms with Crippen LogP contribution in [0.15, 0.2) is 0 Å². The average Bonchev–Trinajstić information content (AvgIpc) is 2.28. The molecule has 2 nitrogen and oxygen atoms in total. The van der Waals surface area contributed by atoms with Crippen LogP contribution in [-0.4, -0.2) is 30.6 Å². The summed E-state index contributed by atoms with van der Waals surface area (Å²) in [6, 6.07) is 0.443. The molecule has 1 saturated heterocycles. The Kier molecular flexibility index (Phi) is 6.26. The van der Waals surface area contributed by atoms with Crippen molar-refractivity contribution in [2.75, 3.05) is 19.6 Å². The van der Waals surface area contributed by atoms with E-state index in [9.17, 15) is 0 Å². The van der Waals surface area contributed by atoms with Gasteiger partial charge in [-0.2, -0.15) is 0 Å². The largest absolute Gasteiger partial charge is 0.328 e. The summed E-state index contributed by atoms with van der Waals surface area (Å²) < 4.78 is 0. The Morgan fingerprint density at radius 1 is 1.27 bits per heavy atom. The van der Waals surface area contributed by atoms with E-state index >= 15 is 0 Å². The molecule has 1 fully saturated rings. The summed E-state index contributed by atoms with van der Waals surface area (Å²) >= 11 is 0. The Hall–Kier alpha value is -0.0800. The highest BCUT2D eigenvalue weighted by Gasteiger charge is 2.18. The molecular weight excluding hydrogens is 184 g/mol. The lowest BCUT2D eigenvalue weighted by Gasteiger charge is -2.32. The lowest BCUT2D eigenvalue weighted by molar-refractivity contribution is 0.176. The molecule has 2 heteroatoms. The number of hydrogen-bond donors (Lipinski definition) is 1. The third-order valence-corrected chi connectivity index (χ3v) is 3.72. The maximum absolute atomic E-state index is 5.95. The molecule has 1 heterocycles. The van der Waals surface area contributed by atoms with Crippen molar-refractivity contribution in [1.82, 2.24) is 4.90 Å². The first-order valence-electron chi connectivity index (χ1n) is 6.74. The summed E-state index contributed by atoms with van der Waals surface area (Å²) in [5, 5.41) is 0. The standard InChI is InChI=1S/C13H28N2/c1-3-9-15-10-7-12(8-11-15)5-6-13(14)4-2/h12-13H,3-11,14H2,1-2H3. The van der Waals surface area contributed by atoms with Crippen molar-refractivity contribution in [1.29, 1.82) is 0 Å². The molecule has 0 saturated carbocycles. The van der Waals surface area contributed by atoms with E-state index in [2.05, 4.69) is 18.7 Å². The molecular formula is C13H28N2. The van der Waals surface area contributed by atoms with Crippen molar-refractivity contribution in [3.63, 3.8) is 0 Å². The highest BCUT2D eigenvalue weighted by Crippen LogP contribution is 2.22. The molecule has 0 aromatic carbocycles. The van der Waals surface area contributed by atoms with Crippen molar-refractivity contribution in [2.45, 2.75) is 58.4 Å². The molecule has 2 N–H and O–H groups in total. The van der Waals surface area contributed by atoms with Crippen LogP contribution in [0, 0.1) is 5.92 Å². The Morgan fingerprint density at radius 2 is 1.93 bits per heavy atom. The smallest absolute Gasteiger partial charge is 0.00363 e. The first-order chi connectivity index (χ1) is 7.26. The van der Waals surface area contributed by atoms with Crippen LogP contribution in [0.3, 0.4) is 0 Å². The first kappa shape index (κ1) is 13.0. The van der Waals surface area contributed by atoms with Crippen LogP contribution in [0.4, 0.5) is 0 Å². The van der Waals surface area contributed by atoms with Gasteiger partial charge in [-0.05, 0) is 64.1 Å². The minimum absolute atomic E-state index is 0.443. The molecule has 90 valence electrons. The third kappa shape index (κ3) is 4.98. The summed E-state index contributed by atoms with van der Waals surface area (Å²) in [5.74, 6) is 0.954. The molecule has 1 unspecified atom stereocenters. The van der Waals surface area contributed by atoms with Gasteiger partial charge in [-0.15, -0.1) is 0 Å². The molecule has 0 aromatic heterocycles. The van der Waals surface area contributed by atoms with Crippen LogP contribution < -0.4 is 5.73 Å². The zero-order chi connectivity index (χ0) is 11.1. The zero-order valence-electron chi connectivity index (χ0n) is 10.5. The summed E-state index contributed by atoms with van der Waals surface area (Å²) in [7, 11) is 0. The van der Waals surface area contributed by atoms with Gasteiger partial charge in [-0.1, -0.05) is 13.8 Å². The van der Waals surface area contributed by atoms with Gasteiger partial charge in [-0.25, -0.2) is 0 Å². The van der Waals surface area contributed by atoms with Crippen molar-refractivity contribution in [2.24, 2.45) is 11.7 Å². The molecule has 0 aliphatic carbocycles. The number of likely N-dealkylation sites (tertiary alicyclic amines) is 1. The number of hydrogen-bond acceptors (Lipinski definition) is 2. The molecule has 1 aliphatic rings. The summed E-state index contributed by atoms with van der Waals surface area (Å²) in [5.41, 5.74) is 5.95. The Bertz CT molecular complexity index is 151. The predicted octanol–water partition coefficient (Wildman–Crippen LogP) is 2.63. The van der Waals surface area contributed by atoms with Gasteiger partial charge in [0.25, 0.3) is 0 Å². The van der Waals surface area contributed by atoms with Gasteiger partial charge in [0, 0.05) is 6.04 Å². The molecule has 0 aromatic rings. The molecule has 1 aliphatic heterocycles. The number of nitrogens with two attached hydrogens (primary N) is 1. The van der Waals surface area contributed by atoms with Crippen LogP contribution >= 0.6 is 0 Å². The van der Waals surface area contributed by atoms with Crippen molar-refractivity contribution in [3.05, 3.63) is 0 Å². The normalized spacial score (nSPS) is 21.8. The van der Waals surface area contributed by atoms with E-state index in [0.717, 1.165) is 12.3 Å². The first-order valence-corrected chi connectivity index (χ1v) is 6.74.